The summed E-state index contributed by atoms with van der Waals surface area (Å²) in [7, 11) is 0. The van der Waals surface area contributed by atoms with Gasteiger partial charge in [-0.05, 0) is 139 Å². The molecule has 1 aromatic carbocycles. The van der Waals surface area contributed by atoms with Gasteiger partial charge in [-0.3, -0.25) is 14.8 Å². The molecule has 2 aromatic rings. The van der Waals surface area contributed by atoms with Crippen LogP contribution in [0.3, 0.4) is 0 Å². The Bertz CT molecular complexity index is 1650. The van der Waals surface area contributed by atoms with Gasteiger partial charge in [0.1, 0.15) is 0 Å². The first-order valence-corrected chi connectivity index (χ1v) is 18.4. The van der Waals surface area contributed by atoms with E-state index in [-0.39, 0.29) is 39.5 Å². The summed E-state index contributed by atoms with van der Waals surface area (Å²) in [5.41, 5.74) is 5.28. The molecule has 256 valence electrons. The van der Waals surface area contributed by atoms with Crippen LogP contribution in [0.25, 0.3) is 5.57 Å². The predicted octanol–water partition coefficient (Wildman–Crippen LogP) is 8.94. The maximum Gasteiger partial charge on any atom is 0.335 e. The number of amides is 1. The minimum Gasteiger partial charge on any atom is -0.478 e. The lowest BCUT2D eigenvalue weighted by Crippen LogP contribution is -2.68. The summed E-state index contributed by atoms with van der Waals surface area (Å²) in [6.45, 7) is 19.5. The van der Waals surface area contributed by atoms with Crippen LogP contribution < -0.4 is 5.32 Å². The third-order valence-electron chi connectivity index (χ3n) is 15.4. The van der Waals surface area contributed by atoms with Crippen LogP contribution in [-0.2, 0) is 11.2 Å². The highest BCUT2D eigenvalue weighted by molar-refractivity contribution is 5.88. The van der Waals surface area contributed by atoms with Crippen molar-refractivity contribution >= 4 is 17.4 Å². The third-order valence-corrected chi connectivity index (χ3v) is 15.4. The van der Waals surface area contributed by atoms with Crippen molar-refractivity contribution < 1.29 is 14.7 Å². The Morgan fingerprint density at radius 1 is 0.917 bits per heavy atom. The van der Waals surface area contributed by atoms with Crippen LogP contribution in [0.2, 0.25) is 0 Å². The van der Waals surface area contributed by atoms with E-state index in [1.807, 2.05) is 12.1 Å². The topological polar surface area (TPSA) is 92.2 Å². The van der Waals surface area contributed by atoms with E-state index < -0.39 is 5.97 Å². The second-order valence-corrected chi connectivity index (χ2v) is 17.7. The van der Waals surface area contributed by atoms with E-state index >= 15 is 0 Å². The molecular formula is C42H55N3O3. The molecule has 0 spiro atoms. The van der Waals surface area contributed by atoms with Crippen molar-refractivity contribution in [1.29, 1.82) is 0 Å². The van der Waals surface area contributed by atoms with Crippen LogP contribution in [0.5, 0.6) is 0 Å². The molecule has 5 aliphatic rings. The molecule has 2 N–H and O–H groups in total. The molecule has 1 heterocycles. The molecule has 4 saturated carbocycles. The standard InChI is InChI=1S/C42H55N3O3/c1-26(2)30-14-19-42(45-35(46)24-29-25-43-22-23-44-29)21-20-40(6)32(36(30)42)12-13-34-39(5)17-15-31(27-8-10-28(11-9-27)37(47)48)38(3,4)33(39)16-18-41(34,40)7/h8-11,15,22-23,25,30,32-34,36H,1,12-14,16-21,24H2,2-7H3,(H,45,46)(H,47,48)/t30-,32+,33?,34?,36?,39-,40+,41+,42-/m0/s1. The summed E-state index contributed by atoms with van der Waals surface area (Å²) < 4.78 is 0. The van der Waals surface area contributed by atoms with E-state index in [0.29, 0.717) is 35.2 Å². The molecule has 0 saturated heterocycles. The number of fused-ring (bicyclic) bond motifs is 7. The smallest absolute Gasteiger partial charge is 0.335 e. The van der Waals surface area contributed by atoms with Gasteiger partial charge in [0.15, 0.2) is 0 Å². The second kappa shape index (κ2) is 11.4. The molecule has 0 bridgehead atoms. The quantitative estimate of drug-likeness (QED) is 0.305. The number of carbonyl (C=O) groups excluding carboxylic acids is 1. The number of hydrogen-bond donors (Lipinski definition) is 2. The normalized spacial score (nSPS) is 39.5. The zero-order valence-corrected chi connectivity index (χ0v) is 29.9. The first kappa shape index (κ1) is 33.2. The fourth-order valence-corrected chi connectivity index (χ4v) is 13.2. The zero-order chi connectivity index (χ0) is 34.3. The maximum absolute atomic E-state index is 13.6. The Morgan fingerprint density at radius 3 is 2.33 bits per heavy atom. The number of carboxylic acids is 1. The van der Waals surface area contributed by atoms with Gasteiger partial charge in [0.2, 0.25) is 5.91 Å². The Hall–Kier alpha value is -3.28. The Kier molecular flexibility index (Phi) is 7.88. The van der Waals surface area contributed by atoms with Crippen LogP contribution in [0.4, 0.5) is 0 Å². The number of allylic oxidation sites excluding steroid dienone is 3. The molecule has 5 aliphatic carbocycles. The van der Waals surface area contributed by atoms with E-state index in [4.69, 9.17) is 0 Å². The molecule has 1 amide bonds. The summed E-state index contributed by atoms with van der Waals surface area (Å²) in [4.78, 5) is 33.7. The lowest BCUT2D eigenvalue weighted by molar-refractivity contribution is -0.219. The highest BCUT2D eigenvalue weighted by atomic mass is 16.4. The molecule has 1 aromatic heterocycles. The van der Waals surface area contributed by atoms with Crippen molar-refractivity contribution in [3.8, 4) is 0 Å². The Balaban J connectivity index is 1.20. The number of hydrogen-bond acceptors (Lipinski definition) is 4. The van der Waals surface area contributed by atoms with E-state index in [1.54, 1.807) is 30.7 Å². The average molecular weight is 650 g/mol. The number of benzene rings is 1. The number of rotatable bonds is 6. The predicted molar refractivity (Wildman–Crippen MR) is 190 cm³/mol. The van der Waals surface area contributed by atoms with Gasteiger partial charge in [-0.25, -0.2) is 4.79 Å². The number of nitrogens with one attached hydrogen (secondary N) is 1. The number of carboxylic acid groups (broad SMARTS) is 1. The van der Waals surface area contributed by atoms with Crippen LogP contribution in [0.1, 0.15) is 121 Å². The van der Waals surface area contributed by atoms with Gasteiger partial charge in [-0.15, -0.1) is 0 Å². The second-order valence-electron chi connectivity index (χ2n) is 17.7. The molecule has 6 nitrogen and oxygen atoms in total. The van der Waals surface area contributed by atoms with E-state index in [9.17, 15) is 14.7 Å². The van der Waals surface area contributed by atoms with Crippen molar-refractivity contribution in [3.05, 3.63) is 77.9 Å². The highest BCUT2D eigenvalue weighted by Crippen LogP contribution is 2.76. The lowest BCUT2D eigenvalue weighted by atomic mass is 9.33. The van der Waals surface area contributed by atoms with E-state index in [1.165, 1.54) is 36.8 Å². The van der Waals surface area contributed by atoms with Gasteiger partial charge < -0.3 is 10.4 Å². The molecule has 6 heteroatoms. The fraction of sp³-hybridized carbons (Fsp3) is 0.619. The number of carbonyl (C=O) groups is 2. The average Bonchev–Trinajstić information content (AvgIpc) is 3.41. The number of aromatic carboxylic acids is 1. The Morgan fingerprint density at radius 2 is 1.67 bits per heavy atom. The molecule has 48 heavy (non-hydrogen) atoms. The van der Waals surface area contributed by atoms with Crippen molar-refractivity contribution in [3.63, 3.8) is 0 Å². The molecule has 0 radical (unpaired) electrons. The van der Waals surface area contributed by atoms with Crippen LogP contribution in [0.15, 0.2) is 61.1 Å². The summed E-state index contributed by atoms with van der Waals surface area (Å²) in [5.74, 6) is 1.77. The van der Waals surface area contributed by atoms with Crippen LogP contribution in [-0.4, -0.2) is 32.5 Å². The fourth-order valence-electron chi connectivity index (χ4n) is 13.2. The number of nitrogens with zero attached hydrogens (tertiary/aromatic N) is 2. The monoisotopic (exact) mass is 649 g/mol. The van der Waals surface area contributed by atoms with Crippen LogP contribution in [0, 0.1) is 51.2 Å². The van der Waals surface area contributed by atoms with Gasteiger partial charge in [0.05, 0.1) is 17.7 Å². The zero-order valence-electron chi connectivity index (χ0n) is 29.9. The van der Waals surface area contributed by atoms with Gasteiger partial charge in [0, 0.05) is 24.1 Å². The summed E-state index contributed by atoms with van der Waals surface area (Å²) in [6, 6.07) is 7.54. The van der Waals surface area contributed by atoms with E-state index in [0.717, 1.165) is 43.4 Å². The molecule has 3 unspecified atom stereocenters. The molecule has 9 atom stereocenters. The first-order valence-electron chi connectivity index (χ1n) is 18.4. The summed E-state index contributed by atoms with van der Waals surface area (Å²) in [5, 5.41) is 13.1. The van der Waals surface area contributed by atoms with Gasteiger partial charge in [0.25, 0.3) is 0 Å². The molecule has 4 fully saturated rings. The van der Waals surface area contributed by atoms with Crippen LogP contribution >= 0.6 is 0 Å². The largest absolute Gasteiger partial charge is 0.478 e. The highest BCUT2D eigenvalue weighted by Gasteiger charge is 2.70. The summed E-state index contributed by atoms with van der Waals surface area (Å²) in [6.07, 6.45) is 18.1. The minimum atomic E-state index is -0.877. The van der Waals surface area contributed by atoms with E-state index in [2.05, 4.69) is 69.5 Å². The van der Waals surface area contributed by atoms with Crippen molar-refractivity contribution in [1.82, 2.24) is 15.3 Å². The van der Waals surface area contributed by atoms with Gasteiger partial charge >= 0.3 is 5.97 Å². The minimum absolute atomic E-state index is 0.0115. The third kappa shape index (κ3) is 4.78. The van der Waals surface area contributed by atoms with Crippen molar-refractivity contribution in [2.24, 2.45) is 51.2 Å². The Labute approximate surface area is 287 Å². The van der Waals surface area contributed by atoms with Crippen molar-refractivity contribution in [2.75, 3.05) is 0 Å². The summed E-state index contributed by atoms with van der Waals surface area (Å²) >= 11 is 0. The molecule has 0 aliphatic heterocycles. The van der Waals surface area contributed by atoms with Crippen molar-refractivity contribution in [2.45, 2.75) is 111 Å². The lowest BCUT2D eigenvalue weighted by Gasteiger charge is -2.72. The SMILES string of the molecule is C=C(C)[C@@H]1CC[C@]2(NC(=O)Cc3cnccn3)CC[C@]3(C)[C@H](CCC4[C@@]5(C)CC=C(c6ccc(C(=O)O)cc6)C(C)(C)C5CC[C@]43C)C12. The van der Waals surface area contributed by atoms with Gasteiger partial charge in [-0.1, -0.05) is 65.0 Å². The molecular weight excluding hydrogens is 594 g/mol. The van der Waals surface area contributed by atoms with Gasteiger partial charge in [-0.2, -0.15) is 0 Å². The maximum atomic E-state index is 13.6. The molecule has 7 rings (SSSR count). The first-order chi connectivity index (χ1) is 22.7. The number of aromatic nitrogens is 2.